The molecule has 2 N–H and O–H groups in total. The van der Waals surface area contributed by atoms with E-state index in [1.165, 1.54) is 51.4 Å². The Morgan fingerprint density at radius 2 is 1.16 bits per heavy atom. The first kappa shape index (κ1) is 18.2. The zero-order valence-electron chi connectivity index (χ0n) is 12.8. The largest absolute Gasteiger partial charge is 0.330 e. The molecule has 0 aliphatic rings. The molecule has 110 valence electrons. The van der Waals surface area contributed by atoms with Crippen molar-refractivity contribution in [2.75, 3.05) is 6.54 Å². The maximum absolute atomic E-state index is 5.47. The van der Waals surface area contributed by atoms with Crippen LogP contribution < -0.4 is 5.73 Å². The third-order valence-corrected chi connectivity index (χ3v) is 3.19. The number of unbranched alkanes of at least 4 members (excludes halogenated alkanes) is 7. The Morgan fingerprint density at radius 3 is 1.79 bits per heavy atom. The third-order valence-electron chi connectivity index (χ3n) is 3.19. The highest BCUT2D eigenvalue weighted by molar-refractivity contribution is 4.96. The van der Waals surface area contributed by atoms with E-state index in [1.54, 1.807) is 0 Å². The lowest BCUT2D eigenvalue weighted by Gasteiger charge is -1.99. The number of rotatable bonds is 13. The second-order valence-electron chi connectivity index (χ2n) is 5.04. The van der Waals surface area contributed by atoms with Crippen LogP contribution in [0.15, 0.2) is 36.5 Å². The van der Waals surface area contributed by atoms with Gasteiger partial charge in [0.25, 0.3) is 0 Å². The third kappa shape index (κ3) is 17.2. The summed E-state index contributed by atoms with van der Waals surface area (Å²) in [7, 11) is 0. The molecule has 0 bridgehead atoms. The van der Waals surface area contributed by atoms with Crippen molar-refractivity contribution < 1.29 is 0 Å². The summed E-state index contributed by atoms with van der Waals surface area (Å²) in [6, 6.07) is 0. The summed E-state index contributed by atoms with van der Waals surface area (Å²) >= 11 is 0. The smallest absolute Gasteiger partial charge is 0.00773 e. The molecule has 19 heavy (non-hydrogen) atoms. The molecule has 1 heteroatoms. The molecule has 0 saturated heterocycles. The van der Waals surface area contributed by atoms with Crippen molar-refractivity contribution in [3.63, 3.8) is 0 Å². The van der Waals surface area contributed by atoms with Gasteiger partial charge in [-0.1, -0.05) is 68.6 Å². The van der Waals surface area contributed by atoms with Gasteiger partial charge in [0, 0.05) is 0 Å². The predicted octanol–water partition coefficient (Wildman–Crippen LogP) is 5.53. The van der Waals surface area contributed by atoms with Crippen LogP contribution in [0, 0.1) is 0 Å². The molecule has 0 amide bonds. The summed E-state index contributed by atoms with van der Waals surface area (Å²) in [6.45, 7) is 2.92. The van der Waals surface area contributed by atoms with Gasteiger partial charge in [-0.2, -0.15) is 0 Å². The highest BCUT2D eigenvalue weighted by Gasteiger charge is 1.90. The molecule has 0 spiro atoms. The van der Waals surface area contributed by atoms with Gasteiger partial charge in [-0.05, 0) is 45.6 Å². The fourth-order valence-corrected chi connectivity index (χ4v) is 1.99. The Kier molecular flexibility index (Phi) is 16.4. The van der Waals surface area contributed by atoms with E-state index in [0.29, 0.717) is 0 Å². The molecule has 0 radical (unpaired) electrons. The second kappa shape index (κ2) is 17.2. The monoisotopic (exact) mass is 263 g/mol. The molecule has 0 aromatic heterocycles. The van der Waals surface area contributed by atoms with E-state index in [4.69, 9.17) is 5.73 Å². The first-order chi connectivity index (χ1) is 9.41. The topological polar surface area (TPSA) is 26.0 Å². The lowest BCUT2D eigenvalue weighted by Crippen LogP contribution is -1.97. The molecule has 0 rings (SSSR count). The van der Waals surface area contributed by atoms with Gasteiger partial charge < -0.3 is 5.73 Å². The van der Waals surface area contributed by atoms with Crippen molar-refractivity contribution in [1.82, 2.24) is 0 Å². The van der Waals surface area contributed by atoms with Crippen molar-refractivity contribution in [2.45, 2.75) is 71.1 Å². The van der Waals surface area contributed by atoms with Crippen LogP contribution >= 0.6 is 0 Å². The molecule has 0 aromatic carbocycles. The summed E-state index contributed by atoms with van der Waals surface area (Å²) in [4.78, 5) is 0. The molecule has 0 saturated carbocycles. The van der Waals surface area contributed by atoms with Crippen LogP contribution in [0.2, 0.25) is 0 Å². The highest BCUT2D eigenvalue weighted by Crippen LogP contribution is 2.08. The zero-order valence-corrected chi connectivity index (χ0v) is 12.8. The first-order valence-electron chi connectivity index (χ1n) is 8.03. The molecule has 0 aromatic rings. The predicted molar refractivity (Wildman–Crippen MR) is 88.3 cm³/mol. The average Bonchev–Trinajstić information content (AvgIpc) is 2.43. The Balaban J connectivity index is 3.14. The van der Waals surface area contributed by atoms with E-state index >= 15 is 0 Å². The summed E-state index contributed by atoms with van der Waals surface area (Å²) in [5, 5.41) is 0. The number of nitrogens with two attached hydrogens (primary N) is 1. The van der Waals surface area contributed by atoms with Crippen LogP contribution in [0.3, 0.4) is 0 Å². The minimum absolute atomic E-state index is 0.855. The number of allylic oxidation sites excluding steroid dienone is 6. The molecular weight excluding hydrogens is 230 g/mol. The lowest BCUT2D eigenvalue weighted by molar-refractivity contribution is 0.584. The number of hydrogen-bond acceptors (Lipinski definition) is 1. The van der Waals surface area contributed by atoms with Crippen molar-refractivity contribution in [3.8, 4) is 0 Å². The molecule has 0 unspecified atom stereocenters. The van der Waals surface area contributed by atoms with Gasteiger partial charge in [0.05, 0.1) is 0 Å². The SMILES string of the molecule is CC=CCC=CCC=CCCCCCCCCCN. The molecule has 0 atom stereocenters. The van der Waals surface area contributed by atoms with Crippen molar-refractivity contribution in [3.05, 3.63) is 36.5 Å². The molecule has 0 fully saturated rings. The second-order valence-corrected chi connectivity index (χ2v) is 5.04. The van der Waals surface area contributed by atoms with Gasteiger partial charge in [0.1, 0.15) is 0 Å². The van der Waals surface area contributed by atoms with Crippen LogP contribution in [-0.4, -0.2) is 6.54 Å². The van der Waals surface area contributed by atoms with E-state index in [1.807, 2.05) is 0 Å². The molecule has 0 heterocycles. The molecule has 0 aliphatic heterocycles. The lowest BCUT2D eigenvalue weighted by atomic mass is 10.1. The van der Waals surface area contributed by atoms with Crippen molar-refractivity contribution >= 4 is 0 Å². The van der Waals surface area contributed by atoms with Gasteiger partial charge >= 0.3 is 0 Å². The zero-order chi connectivity index (χ0) is 14.0. The van der Waals surface area contributed by atoms with E-state index in [9.17, 15) is 0 Å². The minimum atomic E-state index is 0.855. The van der Waals surface area contributed by atoms with E-state index in [0.717, 1.165) is 19.4 Å². The van der Waals surface area contributed by atoms with E-state index in [-0.39, 0.29) is 0 Å². The summed E-state index contributed by atoms with van der Waals surface area (Å²) in [5.41, 5.74) is 5.47. The Labute approximate surface area is 120 Å². The average molecular weight is 263 g/mol. The van der Waals surface area contributed by atoms with Gasteiger partial charge in [-0.3, -0.25) is 0 Å². The summed E-state index contributed by atoms with van der Waals surface area (Å²) in [5.74, 6) is 0. The first-order valence-corrected chi connectivity index (χ1v) is 8.03. The van der Waals surface area contributed by atoms with Gasteiger partial charge in [-0.25, -0.2) is 0 Å². The highest BCUT2D eigenvalue weighted by atomic mass is 14.5. The molecule has 0 aliphatic carbocycles. The fraction of sp³-hybridized carbons (Fsp3) is 0.667. The van der Waals surface area contributed by atoms with Gasteiger partial charge in [-0.15, -0.1) is 0 Å². The quantitative estimate of drug-likeness (QED) is 0.343. The van der Waals surface area contributed by atoms with Gasteiger partial charge in [0.15, 0.2) is 0 Å². The number of hydrogen-bond donors (Lipinski definition) is 1. The van der Waals surface area contributed by atoms with Gasteiger partial charge in [0.2, 0.25) is 0 Å². The van der Waals surface area contributed by atoms with E-state index < -0.39 is 0 Å². The Bertz CT molecular complexity index is 238. The van der Waals surface area contributed by atoms with Crippen molar-refractivity contribution in [1.29, 1.82) is 0 Å². The Hall–Kier alpha value is -0.820. The fourth-order valence-electron chi connectivity index (χ4n) is 1.99. The van der Waals surface area contributed by atoms with Crippen molar-refractivity contribution in [2.24, 2.45) is 5.73 Å². The molecular formula is C18H33N. The summed E-state index contributed by atoms with van der Waals surface area (Å²) in [6.07, 6.45) is 26.1. The van der Waals surface area contributed by atoms with Crippen LogP contribution in [0.25, 0.3) is 0 Å². The maximum atomic E-state index is 5.47. The van der Waals surface area contributed by atoms with Crippen LogP contribution in [0.4, 0.5) is 0 Å². The minimum Gasteiger partial charge on any atom is -0.330 e. The Morgan fingerprint density at radius 1 is 0.632 bits per heavy atom. The normalized spacial score (nSPS) is 12.3. The van der Waals surface area contributed by atoms with Crippen LogP contribution in [0.5, 0.6) is 0 Å². The van der Waals surface area contributed by atoms with E-state index in [2.05, 4.69) is 43.4 Å². The van der Waals surface area contributed by atoms with Crippen LogP contribution in [-0.2, 0) is 0 Å². The standard InChI is InChI=1S/C18H33N/c1-2-3-4-5-6-7-8-9-10-11-12-13-14-15-16-17-18-19/h2-3,5-6,8-9H,4,7,10-19H2,1H3. The molecule has 1 nitrogen and oxygen atoms in total. The summed E-state index contributed by atoms with van der Waals surface area (Å²) < 4.78 is 0. The van der Waals surface area contributed by atoms with Crippen LogP contribution in [0.1, 0.15) is 71.1 Å². The maximum Gasteiger partial charge on any atom is -0.00773 e.